The van der Waals surface area contributed by atoms with Gasteiger partial charge in [0.2, 0.25) is 0 Å². The fraction of sp³-hybridized carbons (Fsp3) is 0.545. The predicted molar refractivity (Wildman–Crippen MR) is 50.4 cm³/mol. The number of hydrogen-bond acceptors (Lipinski definition) is 2. The van der Waals surface area contributed by atoms with Gasteiger partial charge in [-0.15, -0.1) is 0 Å². The summed E-state index contributed by atoms with van der Waals surface area (Å²) in [6.45, 7) is 7.26. The Balaban J connectivity index is 2.51. The second kappa shape index (κ2) is 2.81. The second-order valence-electron chi connectivity index (χ2n) is 3.96. The molecule has 2 aliphatic rings. The molecule has 1 aliphatic heterocycles. The largest absolute Gasteiger partial charge is 0.376 e. The number of allylic oxidation sites excluding steroid dienone is 2. The minimum Gasteiger partial charge on any atom is -0.376 e. The molecule has 70 valence electrons. The van der Waals surface area contributed by atoms with Gasteiger partial charge < -0.3 is 4.74 Å². The molecule has 1 aliphatic carbocycles. The molecule has 2 heteroatoms. The number of Topliss-reactive ketones (excluding diaryl/α,β-unsaturated/α-hetero) is 1. The van der Waals surface area contributed by atoms with Crippen molar-refractivity contribution in [3.63, 3.8) is 0 Å². The lowest BCUT2D eigenvalue weighted by Crippen LogP contribution is -2.08. The van der Waals surface area contributed by atoms with Crippen LogP contribution in [0, 0.1) is 5.92 Å². The second-order valence-corrected chi connectivity index (χ2v) is 3.96. The summed E-state index contributed by atoms with van der Waals surface area (Å²) in [6, 6.07) is 0. The third-order valence-electron chi connectivity index (χ3n) is 2.92. The Morgan fingerprint density at radius 3 is 2.77 bits per heavy atom. The zero-order valence-electron chi connectivity index (χ0n) is 8.31. The van der Waals surface area contributed by atoms with Gasteiger partial charge in [0.1, 0.15) is 0 Å². The maximum atomic E-state index is 11.8. The van der Waals surface area contributed by atoms with Gasteiger partial charge in [0.05, 0.1) is 13.2 Å². The summed E-state index contributed by atoms with van der Waals surface area (Å²) in [5, 5.41) is 0. The van der Waals surface area contributed by atoms with E-state index < -0.39 is 0 Å². The number of rotatable bonds is 0. The summed E-state index contributed by atoms with van der Waals surface area (Å²) in [5.41, 5.74) is 4.24. The fourth-order valence-corrected chi connectivity index (χ4v) is 2.20. The van der Waals surface area contributed by atoms with Gasteiger partial charge in [0, 0.05) is 11.5 Å². The molecule has 0 N–H and O–H groups in total. The highest BCUT2D eigenvalue weighted by atomic mass is 16.5. The molecular formula is C11H14O2. The number of carbonyl (C=O) groups excluding carboxylic acids is 1. The highest BCUT2D eigenvalue weighted by molar-refractivity contribution is 6.12. The van der Waals surface area contributed by atoms with Gasteiger partial charge in [0.25, 0.3) is 0 Å². The van der Waals surface area contributed by atoms with Crippen LogP contribution in [0.2, 0.25) is 0 Å². The van der Waals surface area contributed by atoms with Crippen molar-refractivity contribution < 1.29 is 9.53 Å². The predicted octanol–water partition coefficient (Wildman–Crippen LogP) is 1.87. The van der Waals surface area contributed by atoms with Crippen LogP contribution in [-0.4, -0.2) is 19.0 Å². The molecule has 0 spiro atoms. The van der Waals surface area contributed by atoms with Crippen LogP contribution in [0.1, 0.15) is 20.8 Å². The van der Waals surface area contributed by atoms with E-state index >= 15 is 0 Å². The Hall–Kier alpha value is -0.890. The molecule has 0 saturated carbocycles. The standard InChI is InChI=1S/C11H14O2/c1-6(2)10-9-5-13-4-8(9)7(3)11(10)12/h9H,4-5H2,1-3H3. The van der Waals surface area contributed by atoms with Crippen molar-refractivity contribution in [2.24, 2.45) is 5.92 Å². The van der Waals surface area contributed by atoms with Gasteiger partial charge in [-0.05, 0) is 31.9 Å². The molecule has 2 rings (SSSR count). The summed E-state index contributed by atoms with van der Waals surface area (Å²) in [4.78, 5) is 11.8. The molecule has 1 heterocycles. The van der Waals surface area contributed by atoms with Crippen LogP contribution < -0.4 is 0 Å². The molecule has 0 aromatic heterocycles. The molecule has 0 bridgehead atoms. The van der Waals surface area contributed by atoms with Gasteiger partial charge in [-0.1, -0.05) is 5.57 Å². The summed E-state index contributed by atoms with van der Waals surface area (Å²) in [7, 11) is 0. The molecule has 0 aromatic rings. The molecule has 1 fully saturated rings. The van der Waals surface area contributed by atoms with Gasteiger partial charge in [0.15, 0.2) is 5.78 Å². The van der Waals surface area contributed by atoms with Crippen molar-refractivity contribution in [1.29, 1.82) is 0 Å². The Kier molecular flexibility index (Phi) is 1.88. The lowest BCUT2D eigenvalue weighted by Gasteiger charge is -2.07. The van der Waals surface area contributed by atoms with Crippen LogP contribution in [-0.2, 0) is 9.53 Å². The quantitative estimate of drug-likeness (QED) is 0.529. The first-order valence-corrected chi connectivity index (χ1v) is 4.62. The first-order valence-electron chi connectivity index (χ1n) is 4.62. The van der Waals surface area contributed by atoms with E-state index in [9.17, 15) is 4.79 Å². The molecule has 0 aromatic carbocycles. The van der Waals surface area contributed by atoms with Gasteiger partial charge in [-0.3, -0.25) is 4.79 Å². The molecule has 2 nitrogen and oxygen atoms in total. The van der Waals surface area contributed by atoms with Crippen LogP contribution in [0.5, 0.6) is 0 Å². The van der Waals surface area contributed by atoms with E-state index in [1.807, 2.05) is 20.8 Å². The molecule has 1 atom stereocenters. The zero-order valence-corrected chi connectivity index (χ0v) is 8.31. The van der Waals surface area contributed by atoms with E-state index in [2.05, 4.69) is 0 Å². The number of carbonyl (C=O) groups is 1. The maximum Gasteiger partial charge on any atom is 0.185 e. The van der Waals surface area contributed by atoms with Gasteiger partial charge in [-0.2, -0.15) is 0 Å². The highest BCUT2D eigenvalue weighted by Crippen LogP contribution is 2.39. The Morgan fingerprint density at radius 1 is 1.46 bits per heavy atom. The Labute approximate surface area is 78.3 Å². The van der Waals surface area contributed by atoms with Crippen LogP contribution in [0.15, 0.2) is 22.3 Å². The molecular weight excluding hydrogens is 164 g/mol. The van der Waals surface area contributed by atoms with E-state index in [1.54, 1.807) is 0 Å². The van der Waals surface area contributed by atoms with E-state index in [-0.39, 0.29) is 11.7 Å². The fourth-order valence-electron chi connectivity index (χ4n) is 2.20. The monoisotopic (exact) mass is 178 g/mol. The average Bonchev–Trinajstić information content (AvgIpc) is 2.57. The number of hydrogen-bond donors (Lipinski definition) is 0. The molecule has 1 saturated heterocycles. The van der Waals surface area contributed by atoms with Crippen LogP contribution >= 0.6 is 0 Å². The van der Waals surface area contributed by atoms with E-state index in [0.717, 1.165) is 16.7 Å². The summed E-state index contributed by atoms with van der Waals surface area (Å²) in [5.74, 6) is 0.515. The lowest BCUT2D eigenvalue weighted by atomic mass is 9.96. The summed E-state index contributed by atoms with van der Waals surface area (Å²) in [6.07, 6.45) is 0. The van der Waals surface area contributed by atoms with Crippen molar-refractivity contribution in [3.8, 4) is 0 Å². The number of ketones is 1. The van der Waals surface area contributed by atoms with Crippen LogP contribution in [0.4, 0.5) is 0 Å². The summed E-state index contributed by atoms with van der Waals surface area (Å²) >= 11 is 0. The highest BCUT2D eigenvalue weighted by Gasteiger charge is 2.38. The molecule has 13 heavy (non-hydrogen) atoms. The minimum absolute atomic E-state index is 0.239. The van der Waals surface area contributed by atoms with Gasteiger partial charge >= 0.3 is 0 Å². The van der Waals surface area contributed by atoms with Crippen LogP contribution in [0.25, 0.3) is 0 Å². The van der Waals surface area contributed by atoms with Crippen molar-refractivity contribution >= 4 is 5.78 Å². The normalized spacial score (nSPS) is 27.2. The average molecular weight is 178 g/mol. The van der Waals surface area contributed by atoms with E-state index in [1.165, 1.54) is 5.57 Å². The maximum absolute atomic E-state index is 11.8. The summed E-state index contributed by atoms with van der Waals surface area (Å²) < 4.78 is 5.37. The van der Waals surface area contributed by atoms with E-state index in [4.69, 9.17) is 4.74 Å². The molecule has 0 radical (unpaired) electrons. The number of ether oxygens (including phenoxy) is 1. The van der Waals surface area contributed by atoms with Crippen molar-refractivity contribution in [2.45, 2.75) is 20.8 Å². The third kappa shape index (κ3) is 1.09. The van der Waals surface area contributed by atoms with Crippen molar-refractivity contribution in [2.75, 3.05) is 13.2 Å². The molecule has 0 amide bonds. The van der Waals surface area contributed by atoms with Crippen LogP contribution in [0.3, 0.4) is 0 Å². The van der Waals surface area contributed by atoms with E-state index in [0.29, 0.717) is 13.2 Å². The molecule has 1 unspecified atom stereocenters. The van der Waals surface area contributed by atoms with Crippen molar-refractivity contribution in [3.05, 3.63) is 22.3 Å². The topological polar surface area (TPSA) is 26.3 Å². The Bertz CT molecular complexity index is 330. The first kappa shape index (κ1) is 8.70. The van der Waals surface area contributed by atoms with Gasteiger partial charge in [-0.25, -0.2) is 0 Å². The smallest absolute Gasteiger partial charge is 0.185 e. The number of fused-ring (bicyclic) bond motifs is 1. The lowest BCUT2D eigenvalue weighted by molar-refractivity contribution is -0.112. The third-order valence-corrected chi connectivity index (χ3v) is 2.92. The Morgan fingerprint density at radius 2 is 2.15 bits per heavy atom. The SMILES string of the molecule is CC(C)=C1C(=O)C(C)=C2COCC21. The minimum atomic E-state index is 0.239. The van der Waals surface area contributed by atoms with Crippen molar-refractivity contribution in [1.82, 2.24) is 0 Å². The first-order chi connectivity index (χ1) is 6.13. The zero-order chi connectivity index (χ0) is 9.59.